The Labute approximate surface area is 93.9 Å². The Balaban J connectivity index is 2.95. The summed E-state index contributed by atoms with van der Waals surface area (Å²) < 4.78 is 13.7. The van der Waals surface area contributed by atoms with Gasteiger partial charge in [0.25, 0.3) is 5.91 Å². The highest BCUT2D eigenvalue weighted by molar-refractivity contribution is 9.10. The van der Waals surface area contributed by atoms with E-state index in [1.807, 2.05) is 0 Å². The molecule has 6 heteroatoms. The van der Waals surface area contributed by atoms with E-state index in [1.165, 1.54) is 6.07 Å². The summed E-state index contributed by atoms with van der Waals surface area (Å²) in [5.41, 5.74) is 0.749. The molecule has 4 nitrogen and oxygen atoms in total. The minimum Gasteiger partial charge on any atom is -0.411 e. The van der Waals surface area contributed by atoms with Crippen LogP contribution in [0.2, 0.25) is 0 Å². The van der Waals surface area contributed by atoms with Gasteiger partial charge in [0.15, 0.2) is 0 Å². The van der Waals surface area contributed by atoms with Crippen LogP contribution in [0, 0.1) is 12.7 Å². The molecule has 0 aliphatic heterocycles. The number of anilines is 1. The summed E-state index contributed by atoms with van der Waals surface area (Å²) in [5.74, 6) is -1.06. The number of aryl methyl sites for hydroxylation is 1. The molecule has 80 valence electrons. The van der Waals surface area contributed by atoms with Gasteiger partial charge in [0.1, 0.15) is 12.0 Å². The second kappa shape index (κ2) is 4.88. The number of oxime groups is 1. The first-order chi connectivity index (χ1) is 7.04. The van der Waals surface area contributed by atoms with Gasteiger partial charge in [-0.2, -0.15) is 0 Å². The van der Waals surface area contributed by atoms with Crippen LogP contribution < -0.4 is 5.32 Å². The number of nitrogens with zero attached hydrogens (tertiary/aromatic N) is 1. The number of benzene rings is 1. The number of carbonyl (C=O) groups excluding carboxylic acids is 1. The molecule has 0 atom stereocenters. The monoisotopic (exact) mass is 274 g/mol. The van der Waals surface area contributed by atoms with Crippen molar-refractivity contribution in [1.82, 2.24) is 0 Å². The largest absolute Gasteiger partial charge is 0.411 e. The van der Waals surface area contributed by atoms with E-state index < -0.39 is 11.7 Å². The van der Waals surface area contributed by atoms with E-state index >= 15 is 0 Å². The highest BCUT2D eigenvalue weighted by Crippen LogP contribution is 2.25. The van der Waals surface area contributed by atoms with Gasteiger partial charge in [-0.1, -0.05) is 5.16 Å². The standard InChI is InChI=1S/C9H8BrFN2O2/c1-5-2-6(10)8(3-7(5)11)13-9(14)4-12-15/h2-4,15H,1H3,(H,13,14). The van der Waals surface area contributed by atoms with E-state index in [2.05, 4.69) is 26.4 Å². The summed E-state index contributed by atoms with van der Waals surface area (Å²) in [5, 5.41) is 13.0. The Morgan fingerprint density at radius 1 is 1.67 bits per heavy atom. The van der Waals surface area contributed by atoms with Crippen molar-refractivity contribution in [3.63, 3.8) is 0 Å². The molecule has 0 radical (unpaired) electrons. The highest BCUT2D eigenvalue weighted by atomic mass is 79.9. The Bertz CT molecular complexity index is 421. The van der Waals surface area contributed by atoms with Crippen LogP contribution in [-0.4, -0.2) is 17.3 Å². The number of halogens is 2. The molecule has 2 N–H and O–H groups in total. The first kappa shape index (κ1) is 11.6. The molecule has 15 heavy (non-hydrogen) atoms. The summed E-state index contributed by atoms with van der Waals surface area (Å²) in [6.07, 6.45) is 0.685. The van der Waals surface area contributed by atoms with E-state index in [9.17, 15) is 9.18 Å². The zero-order valence-electron chi connectivity index (χ0n) is 7.79. The minimum atomic E-state index is -0.638. The van der Waals surface area contributed by atoms with Crippen molar-refractivity contribution in [3.8, 4) is 0 Å². The summed E-state index contributed by atoms with van der Waals surface area (Å²) >= 11 is 3.17. The predicted molar refractivity (Wildman–Crippen MR) is 57.7 cm³/mol. The number of hydrogen-bond donors (Lipinski definition) is 2. The normalized spacial score (nSPS) is 10.6. The summed E-state index contributed by atoms with van der Waals surface area (Å²) in [4.78, 5) is 11.0. The molecule has 0 aliphatic rings. The maximum atomic E-state index is 13.1. The number of rotatable bonds is 2. The van der Waals surface area contributed by atoms with Crippen LogP contribution in [0.3, 0.4) is 0 Å². The topological polar surface area (TPSA) is 61.7 Å². The van der Waals surface area contributed by atoms with Crippen molar-refractivity contribution in [3.05, 3.63) is 28.0 Å². The van der Waals surface area contributed by atoms with E-state index in [4.69, 9.17) is 5.21 Å². The molecular weight excluding hydrogens is 267 g/mol. The highest BCUT2D eigenvalue weighted by Gasteiger charge is 2.07. The summed E-state index contributed by atoms with van der Waals surface area (Å²) in [7, 11) is 0. The molecule has 1 aromatic rings. The van der Waals surface area contributed by atoms with Crippen LogP contribution in [0.25, 0.3) is 0 Å². The molecule has 0 aromatic heterocycles. The predicted octanol–water partition coefficient (Wildman–Crippen LogP) is 2.30. The molecular formula is C9H8BrFN2O2. The number of carbonyl (C=O) groups is 1. The first-order valence-electron chi connectivity index (χ1n) is 3.98. The van der Waals surface area contributed by atoms with Crippen molar-refractivity contribution in [2.24, 2.45) is 5.16 Å². The van der Waals surface area contributed by atoms with Gasteiger partial charge in [-0.05, 0) is 40.5 Å². The van der Waals surface area contributed by atoms with Crippen LogP contribution in [-0.2, 0) is 4.79 Å². The third-order valence-corrected chi connectivity index (χ3v) is 2.34. The van der Waals surface area contributed by atoms with Crippen molar-refractivity contribution < 1.29 is 14.4 Å². The lowest BCUT2D eigenvalue weighted by atomic mass is 10.2. The van der Waals surface area contributed by atoms with Gasteiger partial charge < -0.3 is 10.5 Å². The van der Waals surface area contributed by atoms with Crippen molar-refractivity contribution >= 4 is 33.7 Å². The minimum absolute atomic E-state index is 0.281. The molecule has 0 unspecified atom stereocenters. The fraction of sp³-hybridized carbons (Fsp3) is 0.111. The molecule has 0 aliphatic carbocycles. The second-order valence-electron chi connectivity index (χ2n) is 2.82. The lowest BCUT2D eigenvalue weighted by Crippen LogP contribution is -2.13. The zero-order chi connectivity index (χ0) is 11.4. The molecule has 0 spiro atoms. The van der Waals surface area contributed by atoms with E-state index in [0.717, 1.165) is 0 Å². The van der Waals surface area contributed by atoms with Crippen molar-refractivity contribution in [2.75, 3.05) is 5.32 Å². The molecule has 1 aromatic carbocycles. The van der Waals surface area contributed by atoms with Gasteiger partial charge in [0, 0.05) is 4.47 Å². The molecule has 1 amide bonds. The molecule has 0 fully saturated rings. The van der Waals surface area contributed by atoms with E-state index in [0.29, 0.717) is 16.3 Å². The van der Waals surface area contributed by atoms with Gasteiger partial charge in [-0.3, -0.25) is 4.79 Å². The second-order valence-corrected chi connectivity index (χ2v) is 3.67. The molecule has 0 saturated heterocycles. The average molecular weight is 275 g/mol. The van der Waals surface area contributed by atoms with Gasteiger partial charge >= 0.3 is 0 Å². The maximum absolute atomic E-state index is 13.1. The van der Waals surface area contributed by atoms with Crippen LogP contribution in [0.1, 0.15) is 5.56 Å². The molecule has 1 rings (SSSR count). The van der Waals surface area contributed by atoms with Gasteiger partial charge in [0.2, 0.25) is 0 Å². The van der Waals surface area contributed by atoms with Crippen molar-refractivity contribution in [1.29, 1.82) is 0 Å². The van der Waals surface area contributed by atoms with Crippen LogP contribution in [0.4, 0.5) is 10.1 Å². The maximum Gasteiger partial charge on any atom is 0.270 e. The quantitative estimate of drug-likeness (QED) is 0.494. The van der Waals surface area contributed by atoms with Crippen LogP contribution in [0.15, 0.2) is 21.8 Å². The molecule has 0 bridgehead atoms. The summed E-state index contributed by atoms with van der Waals surface area (Å²) in [6, 6.07) is 2.73. The SMILES string of the molecule is Cc1cc(Br)c(NC(=O)C=NO)cc1F. The Morgan fingerprint density at radius 3 is 2.93 bits per heavy atom. The smallest absolute Gasteiger partial charge is 0.270 e. The number of amides is 1. The molecule has 0 heterocycles. The van der Waals surface area contributed by atoms with Gasteiger partial charge in [-0.15, -0.1) is 0 Å². The Morgan fingerprint density at radius 2 is 2.33 bits per heavy atom. The zero-order valence-corrected chi connectivity index (χ0v) is 9.38. The fourth-order valence-electron chi connectivity index (χ4n) is 0.960. The average Bonchev–Trinajstić information content (AvgIpc) is 2.14. The first-order valence-corrected chi connectivity index (χ1v) is 4.78. The number of nitrogens with one attached hydrogen (secondary N) is 1. The van der Waals surface area contributed by atoms with E-state index in [1.54, 1.807) is 13.0 Å². The van der Waals surface area contributed by atoms with Crippen LogP contribution in [0.5, 0.6) is 0 Å². The summed E-state index contributed by atoms with van der Waals surface area (Å²) in [6.45, 7) is 1.61. The lowest BCUT2D eigenvalue weighted by molar-refractivity contribution is -0.110. The van der Waals surface area contributed by atoms with Gasteiger partial charge in [-0.25, -0.2) is 4.39 Å². The molecule has 0 saturated carbocycles. The van der Waals surface area contributed by atoms with Crippen molar-refractivity contribution in [2.45, 2.75) is 6.92 Å². The fourth-order valence-corrected chi connectivity index (χ4v) is 1.52. The van der Waals surface area contributed by atoms with Crippen LogP contribution >= 0.6 is 15.9 Å². The Kier molecular flexibility index (Phi) is 3.79. The van der Waals surface area contributed by atoms with Gasteiger partial charge in [0.05, 0.1) is 5.69 Å². The third-order valence-electron chi connectivity index (χ3n) is 1.68. The number of hydrogen-bond acceptors (Lipinski definition) is 3. The third kappa shape index (κ3) is 3.02. The lowest BCUT2D eigenvalue weighted by Gasteiger charge is -2.06. The Hall–Kier alpha value is -1.43. The van der Waals surface area contributed by atoms with E-state index in [-0.39, 0.29) is 5.69 Å².